The van der Waals surface area contributed by atoms with Crippen LogP contribution in [-0.4, -0.2) is 70.7 Å². The molecule has 0 amide bonds. The molecule has 390 valence electrons. The topological polar surface area (TPSA) is 94.1 Å². The van der Waals surface area contributed by atoms with Gasteiger partial charge in [-0.05, 0) is 12.8 Å². The van der Waals surface area contributed by atoms with Crippen molar-refractivity contribution in [2.24, 2.45) is 0 Å². The van der Waals surface area contributed by atoms with E-state index >= 15 is 0 Å². The molecule has 0 aromatic carbocycles. The van der Waals surface area contributed by atoms with E-state index in [4.69, 9.17) is 18.5 Å². The minimum absolute atomic E-state index is 0.0319. The number of phosphoric ester groups is 1. The number of phosphoric acid groups is 1. The summed E-state index contributed by atoms with van der Waals surface area (Å²) in [5.74, 6) is -0.323. The molecule has 0 N–H and O–H groups in total. The number of hydrogen-bond acceptors (Lipinski definition) is 7. The Morgan fingerprint density at radius 2 is 0.708 bits per heavy atom. The van der Waals surface area contributed by atoms with E-state index in [0.29, 0.717) is 24.1 Å². The minimum Gasteiger partial charge on any atom is -0.756 e. The Bertz CT molecular complexity index is 1010. The van der Waals surface area contributed by atoms with Gasteiger partial charge in [0.25, 0.3) is 7.82 Å². The summed E-state index contributed by atoms with van der Waals surface area (Å²) in [4.78, 5) is 25.2. The average molecular weight is 945 g/mol. The second-order valence-corrected chi connectivity index (χ2v) is 22.4. The van der Waals surface area contributed by atoms with Crippen LogP contribution in [0.5, 0.6) is 0 Å². The number of unbranched alkanes of at least 4 members (excludes halogenated alkanes) is 41. The minimum atomic E-state index is -4.53. The molecule has 0 aliphatic carbocycles. The van der Waals surface area contributed by atoms with Crippen LogP contribution in [0.15, 0.2) is 0 Å². The fraction of sp³-hybridized carbons (Fsp3) is 0.982. The summed E-state index contributed by atoms with van der Waals surface area (Å²) in [5, 5.41) is 0. The van der Waals surface area contributed by atoms with E-state index in [0.717, 1.165) is 32.1 Å². The maximum absolute atomic E-state index is 12.8. The number of likely N-dealkylation sites (N-methyl/N-ethyl adjacent to an activating group) is 1. The summed E-state index contributed by atoms with van der Waals surface area (Å²) in [6.45, 7) is 5.51. The van der Waals surface area contributed by atoms with Gasteiger partial charge in [0.2, 0.25) is 0 Å². The van der Waals surface area contributed by atoms with Gasteiger partial charge >= 0.3 is 5.97 Å². The van der Waals surface area contributed by atoms with E-state index < -0.39 is 13.9 Å². The van der Waals surface area contributed by atoms with Gasteiger partial charge < -0.3 is 27.9 Å². The second kappa shape index (κ2) is 49.9. The van der Waals surface area contributed by atoms with Crippen LogP contribution in [-0.2, 0) is 27.9 Å². The zero-order chi connectivity index (χ0) is 47.6. The molecule has 9 heteroatoms. The fourth-order valence-corrected chi connectivity index (χ4v) is 9.46. The SMILES string of the molecule is CCCCCCCCCCCCCCCCCCCCCCCCCCC(=O)OC(COCCCCCCCCCCCCCCCCCCCCC)COP(=O)([O-])OCC[N+](C)(C)C. The van der Waals surface area contributed by atoms with Crippen LogP contribution < -0.4 is 4.89 Å². The van der Waals surface area contributed by atoms with Gasteiger partial charge in [0, 0.05) is 13.0 Å². The van der Waals surface area contributed by atoms with Gasteiger partial charge in [0.1, 0.15) is 19.3 Å². The predicted molar refractivity (Wildman–Crippen MR) is 278 cm³/mol. The molecular weight excluding hydrogens is 830 g/mol. The van der Waals surface area contributed by atoms with Crippen molar-refractivity contribution in [3.8, 4) is 0 Å². The van der Waals surface area contributed by atoms with Gasteiger partial charge in [-0.3, -0.25) is 9.36 Å². The summed E-state index contributed by atoms with van der Waals surface area (Å²) in [6.07, 6.45) is 57.1. The normalized spacial score (nSPS) is 13.4. The first-order valence-electron chi connectivity index (χ1n) is 28.8. The summed E-state index contributed by atoms with van der Waals surface area (Å²) >= 11 is 0. The molecule has 0 saturated heterocycles. The lowest BCUT2D eigenvalue weighted by atomic mass is 10.0. The molecule has 0 fully saturated rings. The number of ether oxygens (including phenoxy) is 2. The molecule has 0 rings (SSSR count). The van der Waals surface area contributed by atoms with Crippen LogP contribution >= 0.6 is 7.82 Å². The van der Waals surface area contributed by atoms with E-state index in [1.165, 1.54) is 244 Å². The Morgan fingerprint density at radius 1 is 0.415 bits per heavy atom. The van der Waals surface area contributed by atoms with Gasteiger partial charge in [-0.15, -0.1) is 0 Å². The lowest BCUT2D eigenvalue weighted by molar-refractivity contribution is -0.870. The third-order valence-electron chi connectivity index (χ3n) is 13.2. The number of nitrogens with zero attached hydrogens (tertiary/aromatic N) is 1. The van der Waals surface area contributed by atoms with Crippen molar-refractivity contribution in [3.63, 3.8) is 0 Å². The number of rotatable bonds is 55. The van der Waals surface area contributed by atoms with E-state index in [2.05, 4.69) is 13.8 Å². The summed E-state index contributed by atoms with van der Waals surface area (Å²) < 4.78 is 34.9. The lowest BCUT2D eigenvalue weighted by Crippen LogP contribution is -2.37. The van der Waals surface area contributed by atoms with Crippen molar-refractivity contribution in [2.75, 3.05) is 54.1 Å². The monoisotopic (exact) mass is 944 g/mol. The maximum Gasteiger partial charge on any atom is 0.306 e. The van der Waals surface area contributed by atoms with Crippen LogP contribution in [0.1, 0.15) is 296 Å². The van der Waals surface area contributed by atoms with Crippen molar-refractivity contribution in [1.29, 1.82) is 0 Å². The van der Waals surface area contributed by atoms with Crippen LogP contribution in [0.25, 0.3) is 0 Å². The first-order valence-corrected chi connectivity index (χ1v) is 30.2. The molecule has 0 radical (unpaired) electrons. The highest BCUT2D eigenvalue weighted by molar-refractivity contribution is 7.45. The Hall–Kier alpha value is -0.500. The van der Waals surface area contributed by atoms with Gasteiger partial charge in [-0.25, -0.2) is 0 Å². The molecule has 2 unspecified atom stereocenters. The van der Waals surface area contributed by atoms with Gasteiger partial charge in [-0.2, -0.15) is 0 Å². The zero-order valence-electron chi connectivity index (χ0n) is 44.5. The van der Waals surface area contributed by atoms with E-state index in [9.17, 15) is 14.3 Å². The highest BCUT2D eigenvalue weighted by Crippen LogP contribution is 2.38. The largest absolute Gasteiger partial charge is 0.756 e. The highest BCUT2D eigenvalue weighted by atomic mass is 31.2. The first-order chi connectivity index (χ1) is 31.6. The van der Waals surface area contributed by atoms with Crippen LogP contribution in [0.2, 0.25) is 0 Å². The molecule has 8 nitrogen and oxygen atoms in total. The summed E-state index contributed by atoms with van der Waals surface area (Å²) in [7, 11) is 1.38. The van der Waals surface area contributed by atoms with Crippen molar-refractivity contribution >= 4 is 13.8 Å². The number of esters is 1. The Kier molecular flexibility index (Phi) is 49.5. The standard InChI is InChI=1S/C56H114NO7P/c1-6-8-10-12-14-16-18-20-22-24-26-27-28-29-30-31-33-35-37-39-41-43-45-47-49-56(58)64-55(54-63-65(59,60)62-52-50-57(3,4)5)53-61-51-48-46-44-42-40-38-36-34-32-25-23-21-19-17-15-13-11-9-7-2/h55H,6-54H2,1-5H3. The summed E-state index contributed by atoms with van der Waals surface area (Å²) in [5.41, 5.74) is 0. The molecule has 0 aliphatic rings. The van der Waals surface area contributed by atoms with Gasteiger partial charge in [-0.1, -0.05) is 277 Å². The second-order valence-electron chi connectivity index (χ2n) is 21.0. The predicted octanol–water partition coefficient (Wildman–Crippen LogP) is 17.3. The van der Waals surface area contributed by atoms with Crippen LogP contribution in [0.4, 0.5) is 0 Å². The quantitative estimate of drug-likeness (QED) is 0.0259. The molecule has 0 spiro atoms. The number of quaternary nitrogens is 1. The Labute approximate surface area is 406 Å². The third-order valence-corrected chi connectivity index (χ3v) is 14.1. The molecule has 0 aliphatic heterocycles. The van der Waals surface area contributed by atoms with Crippen molar-refractivity contribution in [3.05, 3.63) is 0 Å². The number of carbonyl (C=O) groups is 1. The highest BCUT2D eigenvalue weighted by Gasteiger charge is 2.20. The number of carbonyl (C=O) groups excluding carboxylic acids is 1. The number of hydrogen-bond donors (Lipinski definition) is 0. The Balaban J connectivity index is 4.00. The molecule has 0 bridgehead atoms. The maximum atomic E-state index is 12.8. The summed E-state index contributed by atoms with van der Waals surface area (Å²) in [6, 6.07) is 0. The Morgan fingerprint density at radius 3 is 1.02 bits per heavy atom. The molecule has 2 atom stereocenters. The third kappa shape index (κ3) is 54.3. The van der Waals surface area contributed by atoms with Gasteiger partial charge in [0.05, 0.1) is 34.4 Å². The van der Waals surface area contributed by atoms with Crippen LogP contribution in [0.3, 0.4) is 0 Å². The van der Waals surface area contributed by atoms with Crippen molar-refractivity contribution in [2.45, 2.75) is 302 Å². The zero-order valence-corrected chi connectivity index (χ0v) is 45.4. The van der Waals surface area contributed by atoms with E-state index in [1.807, 2.05) is 21.1 Å². The first kappa shape index (κ1) is 64.5. The average Bonchev–Trinajstić information content (AvgIpc) is 3.27. The van der Waals surface area contributed by atoms with Crippen molar-refractivity contribution in [1.82, 2.24) is 0 Å². The van der Waals surface area contributed by atoms with E-state index in [-0.39, 0.29) is 25.8 Å². The molecule has 0 aromatic rings. The van der Waals surface area contributed by atoms with Gasteiger partial charge in [0.15, 0.2) is 0 Å². The molecule has 0 heterocycles. The lowest BCUT2D eigenvalue weighted by Gasteiger charge is -2.28. The molecule has 0 aromatic heterocycles. The van der Waals surface area contributed by atoms with E-state index in [1.54, 1.807) is 0 Å². The van der Waals surface area contributed by atoms with Crippen molar-refractivity contribution < 1.29 is 37.3 Å². The molecule has 65 heavy (non-hydrogen) atoms. The fourth-order valence-electron chi connectivity index (χ4n) is 8.73. The smallest absolute Gasteiger partial charge is 0.306 e. The van der Waals surface area contributed by atoms with Crippen LogP contribution in [0, 0.1) is 0 Å². The molecular formula is C56H114NO7P. The molecule has 0 saturated carbocycles.